The molecule has 61 heavy (non-hydrogen) atoms. The second-order valence-electron chi connectivity index (χ2n) is 16.3. The normalized spacial score (nSPS) is 20.7. The molecule has 7 N–H and O–H groups in total. The summed E-state index contributed by atoms with van der Waals surface area (Å²) in [5.74, 6) is -1.39. The summed E-state index contributed by atoms with van der Waals surface area (Å²) in [6.45, 7) is 0.244. The van der Waals surface area contributed by atoms with Crippen molar-refractivity contribution in [2.75, 3.05) is 30.3 Å². The highest BCUT2D eigenvalue weighted by molar-refractivity contribution is 7.90. The van der Waals surface area contributed by atoms with Crippen LogP contribution in [0.3, 0.4) is 0 Å². The first-order chi connectivity index (χ1) is 29.2. The minimum absolute atomic E-state index is 0.0352. The summed E-state index contributed by atoms with van der Waals surface area (Å²) in [5.41, 5.74) is 2.32. The van der Waals surface area contributed by atoms with Crippen molar-refractivity contribution in [2.24, 2.45) is 5.92 Å². The molecule has 336 valence electrons. The van der Waals surface area contributed by atoms with Gasteiger partial charge in [-0.25, -0.2) is 17.5 Å². The van der Waals surface area contributed by atoms with Crippen molar-refractivity contribution in [3.63, 3.8) is 0 Å². The quantitative estimate of drug-likeness (QED) is 0.0611. The van der Waals surface area contributed by atoms with E-state index in [1.54, 1.807) is 18.2 Å². The largest absolute Gasteiger partial charge is 0.394 e. The third kappa shape index (κ3) is 12.0. The van der Waals surface area contributed by atoms with Gasteiger partial charge in [-0.1, -0.05) is 72.9 Å². The van der Waals surface area contributed by atoms with E-state index in [4.69, 9.17) is 37.6 Å². The minimum Gasteiger partial charge on any atom is -0.394 e. The van der Waals surface area contributed by atoms with E-state index in [1.807, 2.05) is 4.90 Å². The van der Waals surface area contributed by atoms with Gasteiger partial charge in [0, 0.05) is 47.7 Å². The number of unbranched alkanes of at least 4 members (excludes halogenated alkanes) is 7. The van der Waals surface area contributed by atoms with Crippen molar-refractivity contribution in [3.8, 4) is 11.3 Å². The molecular formula is C42H55Cl2FN4O11S. The van der Waals surface area contributed by atoms with E-state index in [1.165, 1.54) is 12.1 Å². The van der Waals surface area contributed by atoms with Gasteiger partial charge >= 0.3 is 0 Å². The number of sulfonamides is 1. The molecule has 6 rings (SSSR count). The van der Waals surface area contributed by atoms with Gasteiger partial charge in [-0.3, -0.25) is 9.59 Å². The Morgan fingerprint density at radius 3 is 2.25 bits per heavy atom. The van der Waals surface area contributed by atoms with Crippen LogP contribution < -0.4 is 14.9 Å². The number of fused-ring (bicyclic) bond motifs is 2. The summed E-state index contributed by atoms with van der Waals surface area (Å²) in [7, 11) is -3.94. The predicted octanol–water partition coefficient (Wildman–Crippen LogP) is 4.58. The van der Waals surface area contributed by atoms with Crippen LogP contribution in [0.5, 0.6) is 0 Å². The van der Waals surface area contributed by atoms with Crippen molar-refractivity contribution in [3.05, 3.63) is 69.1 Å². The Labute approximate surface area is 364 Å². The number of carbonyl (C=O) groups excluding carboxylic acids is 2. The van der Waals surface area contributed by atoms with Crippen molar-refractivity contribution in [1.82, 2.24) is 15.2 Å². The smallest absolute Gasteiger partial charge is 0.264 e. The highest BCUT2D eigenvalue weighted by atomic mass is 35.5. The maximum absolute atomic E-state index is 15.5. The van der Waals surface area contributed by atoms with E-state index >= 15 is 4.39 Å². The summed E-state index contributed by atoms with van der Waals surface area (Å²) in [5, 5.41) is 55.2. The number of nitrogens with one attached hydrogen (secondary N) is 2. The molecule has 2 amide bonds. The fourth-order valence-electron chi connectivity index (χ4n) is 8.25. The number of anilines is 1. The molecule has 3 fully saturated rings. The third-order valence-electron chi connectivity index (χ3n) is 11.8. The average molecular weight is 914 g/mol. The summed E-state index contributed by atoms with van der Waals surface area (Å²) >= 11 is 13.0. The standard InChI is InChI=1S/C42H55Cl2FN4O11S/c43-29-10-9-11-30(44)35(29)36-28(40(60-47-36)24-12-13-24)23-59-34-20-27-18-26(34)21-49(27)32-15-14-25(19-31(32)45)41(55)48-61(57,58)17-8-6-4-2-1-3-5-7-16-46-42(56)39(54)38(53)37(52)33(51)22-50/h9-11,14-15,19,24,26-27,33-34,37-39,50-54H,1-8,12-13,16-18,20-23H2,(H,46,56)(H,48,55)/t26-,27-,33?,34+,37?,38?,39?/m0/s1. The van der Waals surface area contributed by atoms with E-state index in [0.717, 1.165) is 68.8 Å². The third-order valence-corrected chi connectivity index (χ3v) is 13.8. The molecule has 1 aliphatic heterocycles. The monoisotopic (exact) mass is 912 g/mol. The molecule has 2 bridgehead atoms. The number of nitrogens with zero attached hydrogens (tertiary/aromatic N) is 2. The Kier molecular flexibility index (Phi) is 16.5. The molecule has 2 heterocycles. The maximum Gasteiger partial charge on any atom is 0.264 e. The number of benzene rings is 2. The number of carbonyl (C=O) groups is 2. The van der Waals surface area contributed by atoms with Crippen LogP contribution in [0.25, 0.3) is 11.3 Å². The van der Waals surface area contributed by atoms with Gasteiger partial charge < -0.3 is 45.0 Å². The number of halogens is 3. The fraction of sp³-hybridized carbons (Fsp3) is 0.595. The lowest BCUT2D eigenvalue weighted by molar-refractivity contribution is -0.148. The van der Waals surface area contributed by atoms with Gasteiger partial charge in [0.2, 0.25) is 10.0 Å². The van der Waals surface area contributed by atoms with Crippen LogP contribution in [-0.4, -0.2) is 113 Å². The number of aliphatic hydroxyl groups is 5. The lowest BCUT2D eigenvalue weighted by Crippen LogP contribution is -2.51. The first-order valence-electron chi connectivity index (χ1n) is 20.9. The number of aromatic nitrogens is 1. The molecular weight excluding hydrogens is 858 g/mol. The zero-order valence-corrected chi connectivity index (χ0v) is 36.1. The first-order valence-corrected chi connectivity index (χ1v) is 23.4. The summed E-state index contributed by atoms with van der Waals surface area (Å²) < 4.78 is 55.2. The number of aliphatic hydroxyl groups excluding tert-OH is 5. The number of ether oxygens (including phenoxy) is 1. The average Bonchev–Trinajstić information content (AvgIpc) is 3.69. The van der Waals surface area contributed by atoms with E-state index in [9.17, 15) is 38.4 Å². The molecule has 2 saturated carbocycles. The molecule has 4 unspecified atom stereocenters. The van der Waals surface area contributed by atoms with E-state index in [-0.39, 0.29) is 42.5 Å². The molecule has 1 saturated heterocycles. The summed E-state index contributed by atoms with van der Waals surface area (Å²) in [6, 6.07) is 9.38. The Balaban J connectivity index is 0.869. The van der Waals surface area contributed by atoms with Crippen LogP contribution in [0.15, 0.2) is 40.9 Å². The highest BCUT2D eigenvalue weighted by Crippen LogP contribution is 2.47. The van der Waals surface area contributed by atoms with Crippen molar-refractivity contribution >= 4 is 50.7 Å². The van der Waals surface area contributed by atoms with Gasteiger partial charge in [-0.05, 0) is 68.9 Å². The lowest BCUT2D eigenvalue weighted by Gasteiger charge is -2.33. The van der Waals surface area contributed by atoms with E-state index in [0.29, 0.717) is 65.1 Å². The fourth-order valence-corrected chi connectivity index (χ4v) is 9.91. The van der Waals surface area contributed by atoms with Crippen LogP contribution in [0.2, 0.25) is 10.0 Å². The van der Waals surface area contributed by atoms with Gasteiger partial charge in [0.1, 0.15) is 35.6 Å². The van der Waals surface area contributed by atoms with Gasteiger partial charge in [-0.15, -0.1) is 0 Å². The SMILES string of the molecule is O=C(NS(=O)(=O)CCCCCCCCCCNC(=O)C(O)C(O)C(O)C(O)CO)c1ccc(N2C[C@@H]3C[C@H]2C[C@H]3OCc2c(-c3c(Cl)cccc3Cl)noc2C2CC2)c(F)c1. The molecule has 1 aromatic heterocycles. The van der Waals surface area contributed by atoms with Gasteiger partial charge in [0.25, 0.3) is 11.8 Å². The molecule has 2 aliphatic carbocycles. The number of piperidine rings is 1. The first kappa shape index (κ1) is 47.1. The van der Waals surface area contributed by atoms with Gasteiger partial charge in [0.15, 0.2) is 6.10 Å². The van der Waals surface area contributed by atoms with Gasteiger partial charge in [-0.2, -0.15) is 0 Å². The molecule has 0 spiro atoms. The second kappa shape index (κ2) is 21.3. The number of amides is 2. The van der Waals surface area contributed by atoms with Crippen LogP contribution in [-0.2, 0) is 26.2 Å². The zero-order chi connectivity index (χ0) is 43.8. The van der Waals surface area contributed by atoms with Crippen molar-refractivity contribution < 1.29 is 57.2 Å². The zero-order valence-electron chi connectivity index (χ0n) is 33.7. The Morgan fingerprint density at radius 2 is 1.62 bits per heavy atom. The topological polar surface area (TPSA) is 232 Å². The second-order valence-corrected chi connectivity index (χ2v) is 19.0. The Hall–Kier alpha value is -3.39. The van der Waals surface area contributed by atoms with Crippen LogP contribution in [0, 0.1) is 11.7 Å². The lowest BCUT2D eigenvalue weighted by atomic mass is 10.0. The molecule has 3 aromatic rings. The molecule has 3 aliphatic rings. The van der Waals surface area contributed by atoms with Crippen molar-refractivity contribution in [2.45, 2.75) is 126 Å². The molecule has 7 atom stereocenters. The Bertz CT molecular complexity index is 2070. The van der Waals surface area contributed by atoms with E-state index in [2.05, 4.69) is 15.2 Å². The van der Waals surface area contributed by atoms with Crippen LogP contribution in [0.1, 0.15) is 105 Å². The van der Waals surface area contributed by atoms with E-state index < -0.39 is 58.7 Å². The number of hydrogen-bond acceptors (Lipinski definition) is 13. The predicted molar refractivity (Wildman–Crippen MR) is 225 cm³/mol. The summed E-state index contributed by atoms with van der Waals surface area (Å²) in [4.78, 5) is 26.8. The summed E-state index contributed by atoms with van der Waals surface area (Å²) in [6.07, 6.45) is 1.73. The molecule has 19 heteroatoms. The minimum atomic E-state index is -3.94. The molecule has 0 radical (unpaired) electrons. The highest BCUT2D eigenvalue weighted by Gasteiger charge is 2.46. The number of hydrogen-bond donors (Lipinski definition) is 7. The van der Waals surface area contributed by atoms with Crippen LogP contribution >= 0.6 is 23.2 Å². The molecule has 15 nitrogen and oxygen atoms in total. The van der Waals surface area contributed by atoms with Gasteiger partial charge in [0.05, 0.1) is 40.8 Å². The molecule has 2 aromatic carbocycles. The Morgan fingerprint density at radius 1 is 0.951 bits per heavy atom. The van der Waals surface area contributed by atoms with Crippen molar-refractivity contribution in [1.29, 1.82) is 0 Å². The maximum atomic E-state index is 15.5. The van der Waals surface area contributed by atoms with Crippen LogP contribution in [0.4, 0.5) is 10.1 Å². The number of rotatable bonds is 24.